The van der Waals surface area contributed by atoms with Crippen LogP contribution in [-0.2, 0) is 4.79 Å². The van der Waals surface area contributed by atoms with E-state index >= 15 is 0 Å². The van der Waals surface area contributed by atoms with Gasteiger partial charge in [-0.1, -0.05) is 6.58 Å². The van der Waals surface area contributed by atoms with Crippen molar-refractivity contribution in [2.75, 3.05) is 7.11 Å². The molecule has 0 fully saturated rings. The number of hydrogen-bond acceptors (Lipinski definition) is 5. The fourth-order valence-electron chi connectivity index (χ4n) is 1.20. The standard InChI is InChI=1S/C11H11NO6/c1-3-9(11(13)14)18-10-6-7(17-2)4-5-8(10)12(15)16/h3-6,9H,1H2,2H3,(H,13,14). The van der Waals surface area contributed by atoms with Crippen LogP contribution in [-0.4, -0.2) is 29.2 Å². The van der Waals surface area contributed by atoms with Crippen LogP contribution in [0.2, 0.25) is 0 Å². The molecule has 1 N–H and O–H groups in total. The number of carboxylic acids is 1. The van der Waals surface area contributed by atoms with Crippen molar-refractivity contribution >= 4 is 11.7 Å². The molecule has 0 aliphatic heterocycles. The van der Waals surface area contributed by atoms with Crippen molar-refractivity contribution in [3.05, 3.63) is 41.0 Å². The number of ether oxygens (including phenoxy) is 2. The third kappa shape index (κ3) is 2.97. The summed E-state index contributed by atoms with van der Waals surface area (Å²) in [6.07, 6.45) is -0.332. The lowest BCUT2D eigenvalue weighted by Gasteiger charge is -2.12. The zero-order valence-electron chi connectivity index (χ0n) is 9.53. The van der Waals surface area contributed by atoms with Crippen LogP contribution in [0.3, 0.4) is 0 Å². The Morgan fingerprint density at radius 3 is 2.72 bits per heavy atom. The van der Waals surface area contributed by atoms with Crippen molar-refractivity contribution in [1.29, 1.82) is 0 Å². The van der Waals surface area contributed by atoms with Gasteiger partial charge in [-0.25, -0.2) is 4.79 Å². The molecule has 0 aliphatic rings. The molecule has 0 radical (unpaired) electrons. The Balaban J connectivity index is 3.14. The molecule has 0 bridgehead atoms. The predicted molar refractivity (Wildman–Crippen MR) is 61.9 cm³/mol. The first-order valence-electron chi connectivity index (χ1n) is 4.84. The number of benzene rings is 1. The minimum absolute atomic E-state index is 0.188. The van der Waals surface area contributed by atoms with E-state index in [1.54, 1.807) is 0 Å². The first-order valence-corrected chi connectivity index (χ1v) is 4.84. The molecule has 0 aromatic heterocycles. The summed E-state index contributed by atoms with van der Waals surface area (Å²) in [7, 11) is 1.38. The van der Waals surface area contributed by atoms with E-state index in [9.17, 15) is 14.9 Å². The highest BCUT2D eigenvalue weighted by Gasteiger charge is 2.22. The molecule has 1 aromatic rings. The minimum Gasteiger partial charge on any atom is -0.497 e. The van der Waals surface area contributed by atoms with Crippen molar-refractivity contribution in [2.45, 2.75) is 6.10 Å². The average molecular weight is 253 g/mol. The molecule has 1 atom stereocenters. The van der Waals surface area contributed by atoms with Crippen molar-refractivity contribution in [1.82, 2.24) is 0 Å². The number of nitrogens with zero attached hydrogens (tertiary/aromatic N) is 1. The van der Waals surface area contributed by atoms with Crippen LogP contribution in [0.4, 0.5) is 5.69 Å². The maximum absolute atomic E-state index is 10.8. The van der Waals surface area contributed by atoms with Gasteiger partial charge in [0.1, 0.15) is 5.75 Å². The minimum atomic E-state index is -1.36. The molecular formula is C11H11NO6. The number of nitro groups is 1. The van der Waals surface area contributed by atoms with Crippen LogP contribution in [0.5, 0.6) is 11.5 Å². The third-order valence-corrected chi connectivity index (χ3v) is 2.08. The maximum Gasteiger partial charge on any atom is 0.349 e. The van der Waals surface area contributed by atoms with Crippen LogP contribution < -0.4 is 9.47 Å². The van der Waals surface area contributed by atoms with Gasteiger partial charge >= 0.3 is 11.7 Å². The highest BCUT2D eigenvalue weighted by Crippen LogP contribution is 2.31. The number of carboxylic acid groups (broad SMARTS) is 1. The second kappa shape index (κ2) is 5.67. The predicted octanol–water partition coefficient (Wildman–Crippen LogP) is 1.62. The maximum atomic E-state index is 10.8. The average Bonchev–Trinajstić information content (AvgIpc) is 2.34. The molecule has 96 valence electrons. The topological polar surface area (TPSA) is 98.9 Å². The number of rotatable bonds is 6. The Morgan fingerprint density at radius 1 is 1.61 bits per heavy atom. The summed E-state index contributed by atoms with van der Waals surface area (Å²) >= 11 is 0. The largest absolute Gasteiger partial charge is 0.497 e. The first kappa shape index (κ1) is 13.5. The lowest BCUT2D eigenvalue weighted by molar-refractivity contribution is -0.386. The summed E-state index contributed by atoms with van der Waals surface area (Å²) in [6.45, 7) is 3.29. The van der Waals surface area contributed by atoms with Crippen molar-refractivity contribution in [3.8, 4) is 11.5 Å². The Kier molecular flexibility index (Phi) is 4.25. The molecular weight excluding hydrogens is 242 g/mol. The van der Waals surface area contributed by atoms with Gasteiger partial charge in [0.2, 0.25) is 11.9 Å². The number of carbonyl (C=O) groups is 1. The second-order valence-corrected chi connectivity index (χ2v) is 3.20. The molecule has 1 unspecified atom stereocenters. The van der Waals surface area contributed by atoms with E-state index in [4.69, 9.17) is 14.6 Å². The summed E-state index contributed by atoms with van der Waals surface area (Å²) in [4.78, 5) is 20.9. The van der Waals surface area contributed by atoms with E-state index in [0.717, 1.165) is 6.08 Å². The highest BCUT2D eigenvalue weighted by molar-refractivity contribution is 5.75. The number of aliphatic carboxylic acids is 1. The van der Waals surface area contributed by atoms with Crippen molar-refractivity contribution in [3.63, 3.8) is 0 Å². The van der Waals surface area contributed by atoms with Gasteiger partial charge in [-0.15, -0.1) is 0 Å². The molecule has 1 aromatic carbocycles. The van der Waals surface area contributed by atoms with Crippen molar-refractivity contribution < 1.29 is 24.3 Å². The van der Waals surface area contributed by atoms with Gasteiger partial charge in [-0.2, -0.15) is 0 Å². The van der Waals surface area contributed by atoms with Gasteiger partial charge in [0, 0.05) is 12.1 Å². The number of methoxy groups -OCH3 is 1. The Morgan fingerprint density at radius 2 is 2.28 bits per heavy atom. The van der Waals surface area contributed by atoms with Gasteiger partial charge in [0.05, 0.1) is 12.0 Å². The van der Waals surface area contributed by atoms with Crippen LogP contribution in [0, 0.1) is 10.1 Å². The van der Waals surface area contributed by atoms with Gasteiger partial charge in [0.15, 0.2) is 0 Å². The van der Waals surface area contributed by atoms with E-state index in [-0.39, 0.29) is 11.4 Å². The second-order valence-electron chi connectivity index (χ2n) is 3.20. The molecule has 18 heavy (non-hydrogen) atoms. The summed E-state index contributed by atoms with van der Waals surface area (Å²) in [5.41, 5.74) is -0.344. The molecule has 1 rings (SSSR count). The number of hydrogen-bond donors (Lipinski definition) is 1. The lowest BCUT2D eigenvalue weighted by Crippen LogP contribution is -2.24. The Hall–Kier alpha value is -2.57. The van der Waals surface area contributed by atoms with Gasteiger partial charge < -0.3 is 14.6 Å². The fourth-order valence-corrected chi connectivity index (χ4v) is 1.20. The fraction of sp³-hybridized carbons (Fsp3) is 0.182. The van der Waals surface area contributed by atoms with Crippen LogP contribution in [0.1, 0.15) is 0 Å². The molecule has 0 saturated heterocycles. The summed E-state index contributed by atoms with van der Waals surface area (Å²) in [5, 5.41) is 19.6. The van der Waals surface area contributed by atoms with E-state index in [1.807, 2.05) is 0 Å². The molecule has 0 amide bonds. The quantitative estimate of drug-likeness (QED) is 0.470. The SMILES string of the molecule is C=CC(Oc1cc(OC)ccc1[N+](=O)[O-])C(=O)O. The molecule has 7 nitrogen and oxygen atoms in total. The number of nitro benzene ring substituents is 1. The van der Waals surface area contributed by atoms with Crippen LogP contribution in [0.15, 0.2) is 30.9 Å². The first-order chi connectivity index (χ1) is 8.49. The van der Waals surface area contributed by atoms with Gasteiger partial charge in [0.25, 0.3) is 0 Å². The van der Waals surface area contributed by atoms with E-state index in [1.165, 1.54) is 25.3 Å². The molecule has 0 saturated carbocycles. The Bertz CT molecular complexity index is 484. The highest BCUT2D eigenvalue weighted by atomic mass is 16.6. The van der Waals surface area contributed by atoms with E-state index in [0.29, 0.717) is 5.75 Å². The normalized spacial score (nSPS) is 11.4. The van der Waals surface area contributed by atoms with E-state index in [2.05, 4.69) is 6.58 Å². The summed E-state index contributed by atoms with van der Waals surface area (Å²) < 4.78 is 9.91. The third-order valence-electron chi connectivity index (χ3n) is 2.08. The van der Waals surface area contributed by atoms with Crippen LogP contribution >= 0.6 is 0 Å². The van der Waals surface area contributed by atoms with Gasteiger partial charge in [-0.05, 0) is 12.1 Å². The molecule has 7 heteroatoms. The molecule has 0 spiro atoms. The van der Waals surface area contributed by atoms with Gasteiger partial charge in [-0.3, -0.25) is 10.1 Å². The smallest absolute Gasteiger partial charge is 0.349 e. The zero-order chi connectivity index (χ0) is 13.7. The molecule has 0 heterocycles. The summed E-state index contributed by atoms with van der Waals surface area (Å²) in [6, 6.07) is 3.81. The van der Waals surface area contributed by atoms with Crippen molar-refractivity contribution in [2.24, 2.45) is 0 Å². The van der Waals surface area contributed by atoms with Crippen LogP contribution in [0.25, 0.3) is 0 Å². The zero-order valence-corrected chi connectivity index (χ0v) is 9.53. The van der Waals surface area contributed by atoms with E-state index < -0.39 is 17.0 Å². The Labute approximate surface area is 102 Å². The molecule has 0 aliphatic carbocycles. The monoisotopic (exact) mass is 253 g/mol. The summed E-state index contributed by atoms with van der Waals surface area (Å²) in [5.74, 6) is -1.16. The lowest BCUT2D eigenvalue weighted by atomic mass is 10.2.